The molecular formula is C22H25FN4O5S. The summed E-state index contributed by atoms with van der Waals surface area (Å²) in [6, 6.07) is 2.13. The van der Waals surface area contributed by atoms with Gasteiger partial charge < -0.3 is 24.8 Å². The monoisotopic (exact) mass is 476 g/mol. The Bertz CT molecular complexity index is 1220. The van der Waals surface area contributed by atoms with Crippen LogP contribution in [0.25, 0.3) is 10.9 Å². The highest BCUT2D eigenvalue weighted by molar-refractivity contribution is 8.00. The van der Waals surface area contributed by atoms with E-state index in [4.69, 9.17) is 0 Å². The van der Waals surface area contributed by atoms with Gasteiger partial charge >= 0.3 is 5.97 Å². The van der Waals surface area contributed by atoms with Crippen molar-refractivity contribution in [3.63, 3.8) is 0 Å². The zero-order valence-corrected chi connectivity index (χ0v) is 19.4. The van der Waals surface area contributed by atoms with Crippen LogP contribution >= 0.6 is 11.8 Å². The van der Waals surface area contributed by atoms with Gasteiger partial charge in [0.05, 0.1) is 21.6 Å². The lowest BCUT2D eigenvalue weighted by molar-refractivity contribution is -0.136. The molecule has 2 aromatic rings. The zero-order valence-electron chi connectivity index (χ0n) is 18.6. The Balaban J connectivity index is 1.62. The third kappa shape index (κ3) is 3.94. The quantitative estimate of drug-likeness (QED) is 0.679. The van der Waals surface area contributed by atoms with E-state index >= 15 is 4.39 Å². The molecule has 11 heteroatoms. The van der Waals surface area contributed by atoms with Gasteiger partial charge in [-0.3, -0.25) is 14.4 Å². The summed E-state index contributed by atoms with van der Waals surface area (Å²) in [6.07, 6.45) is 0.478. The second-order valence-corrected chi connectivity index (χ2v) is 9.50. The van der Waals surface area contributed by atoms with Gasteiger partial charge in [-0.2, -0.15) is 0 Å². The SMILES string of the molecule is CC[C@H](NC(C)=O)C(=O)N1CCN(c2cc3c(cc2F)c(=O)c(C(=O)O)c2n3C(C)S2)CC1. The maximum absolute atomic E-state index is 15.1. The number of rotatable bonds is 5. The van der Waals surface area contributed by atoms with Gasteiger partial charge in [-0.1, -0.05) is 18.7 Å². The Labute approximate surface area is 193 Å². The fourth-order valence-corrected chi connectivity index (χ4v) is 5.59. The minimum atomic E-state index is -1.32. The van der Waals surface area contributed by atoms with E-state index in [1.54, 1.807) is 15.5 Å². The van der Waals surface area contributed by atoms with Crippen LogP contribution in [0.3, 0.4) is 0 Å². The molecule has 2 amide bonds. The number of pyridine rings is 1. The number of piperazine rings is 1. The largest absolute Gasteiger partial charge is 0.477 e. The highest BCUT2D eigenvalue weighted by atomic mass is 32.2. The van der Waals surface area contributed by atoms with Crippen LogP contribution in [-0.4, -0.2) is 64.6 Å². The number of thioether (sulfide) groups is 1. The van der Waals surface area contributed by atoms with Crippen molar-refractivity contribution in [1.82, 2.24) is 14.8 Å². The summed E-state index contributed by atoms with van der Waals surface area (Å²) in [7, 11) is 0. The van der Waals surface area contributed by atoms with E-state index in [0.29, 0.717) is 48.8 Å². The normalized spacial score (nSPS) is 18.5. The van der Waals surface area contributed by atoms with Crippen LogP contribution in [0.5, 0.6) is 0 Å². The Morgan fingerprint density at radius 3 is 2.45 bits per heavy atom. The zero-order chi connectivity index (χ0) is 24.0. The van der Waals surface area contributed by atoms with Gasteiger partial charge in [0.2, 0.25) is 17.2 Å². The van der Waals surface area contributed by atoms with Crippen molar-refractivity contribution in [3.05, 3.63) is 33.7 Å². The second-order valence-electron chi connectivity index (χ2n) is 8.20. The molecule has 33 heavy (non-hydrogen) atoms. The van der Waals surface area contributed by atoms with E-state index in [-0.39, 0.29) is 28.1 Å². The molecule has 1 unspecified atom stereocenters. The molecule has 3 heterocycles. The standard InChI is InChI=1S/C22H25FN4O5S/c1-4-15(24-11(2)28)20(30)26-7-5-25(6-8-26)17-10-16-13(9-14(17)23)19(29)18(22(31)32)21-27(16)12(3)33-21/h9-10,12,15H,4-8H2,1-3H3,(H,24,28)(H,31,32)/t12?,15-/m0/s1. The van der Waals surface area contributed by atoms with Crippen molar-refractivity contribution in [2.45, 2.75) is 43.6 Å². The first-order valence-corrected chi connectivity index (χ1v) is 11.6. The molecule has 0 bridgehead atoms. The Kier molecular flexibility index (Phi) is 6.08. The number of carbonyl (C=O) groups is 3. The lowest BCUT2D eigenvalue weighted by Crippen LogP contribution is -2.54. The summed E-state index contributed by atoms with van der Waals surface area (Å²) in [5.74, 6) is -2.36. The van der Waals surface area contributed by atoms with Crippen LogP contribution < -0.4 is 15.6 Å². The molecule has 1 aromatic carbocycles. The summed E-state index contributed by atoms with van der Waals surface area (Å²) in [5, 5.41) is 12.5. The number of nitrogens with one attached hydrogen (secondary N) is 1. The summed E-state index contributed by atoms with van der Waals surface area (Å²) < 4.78 is 16.8. The van der Waals surface area contributed by atoms with Gasteiger partial charge in [-0.15, -0.1) is 0 Å². The minimum absolute atomic E-state index is 0.0412. The molecule has 9 nitrogen and oxygen atoms in total. The predicted molar refractivity (Wildman–Crippen MR) is 122 cm³/mol. The average molecular weight is 477 g/mol. The van der Waals surface area contributed by atoms with E-state index in [2.05, 4.69) is 5.32 Å². The number of carbonyl (C=O) groups excluding carboxylic acids is 2. The van der Waals surface area contributed by atoms with Gasteiger partial charge in [-0.25, -0.2) is 9.18 Å². The molecular weight excluding hydrogens is 451 g/mol. The summed E-state index contributed by atoms with van der Waals surface area (Å²) in [5.41, 5.74) is -0.204. The molecule has 1 aromatic heterocycles. The molecule has 2 aliphatic rings. The van der Waals surface area contributed by atoms with Crippen LogP contribution in [0.15, 0.2) is 22.0 Å². The molecule has 2 N–H and O–H groups in total. The third-order valence-electron chi connectivity index (χ3n) is 6.10. The summed E-state index contributed by atoms with van der Waals surface area (Å²) in [4.78, 5) is 51.9. The Morgan fingerprint density at radius 2 is 1.91 bits per heavy atom. The highest BCUT2D eigenvalue weighted by Crippen LogP contribution is 2.46. The summed E-state index contributed by atoms with van der Waals surface area (Å²) >= 11 is 1.30. The highest BCUT2D eigenvalue weighted by Gasteiger charge is 2.34. The number of carboxylic acids is 1. The van der Waals surface area contributed by atoms with Gasteiger partial charge in [0.15, 0.2) is 0 Å². The number of anilines is 1. The van der Waals surface area contributed by atoms with E-state index < -0.39 is 23.3 Å². The maximum atomic E-state index is 15.1. The van der Waals surface area contributed by atoms with Gasteiger partial charge in [0.25, 0.3) is 0 Å². The molecule has 2 atom stereocenters. The Morgan fingerprint density at radius 1 is 1.24 bits per heavy atom. The van der Waals surface area contributed by atoms with Crippen molar-refractivity contribution >= 4 is 46.1 Å². The number of amides is 2. The van der Waals surface area contributed by atoms with Crippen molar-refractivity contribution in [2.75, 3.05) is 31.1 Å². The molecule has 0 spiro atoms. The van der Waals surface area contributed by atoms with Gasteiger partial charge in [-0.05, 0) is 25.5 Å². The van der Waals surface area contributed by atoms with Crippen molar-refractivity contribution in [3.8, 4) is 0 Å². The van der Waals surface area contributed by atoms with E-state index in [0.717, 1.165) is 6.07 Å². The topological polar surface area (TPSA) is 112 Å². The van der Waals surface area contributed by atoms with E-state index in [1.165, 1.54) is 18.7 Å². The van der Waals surface area contributed by atoms with Crippen molar-refractivity contribution in [1.29, 1.82) is 0 Å². The molecule has 2 aliphatic heterocycles. The number of hydrogen-bond donors (Lipinski definition) is 2. The van der Waals surface area contributed by atoms with Crippen molar-refractivity contribution < 1.29 is 23.9 Å². The fraction of sp³-hybridized carbons (Fsp3) is 0.455. The molecule has 0 radical (unpaired) electrons. The van der Waals surface area contributed by atoms with Crippen LogP contribution in [0, 0.1) is 5.82 Å². The third-order valence-corrected chi connectivity index (χ3v) is 7.28. The van der Waals surface area contributed by atoms with Gasteiger partial charge in [0.1, 0.15) is 17.4 Å². The lowest BCUT2D eigenvalue weighted by atomic mass is 10.1. The smallest absolute Gasteiger partial charge is 0.342 e. The van der Waals surface area contributed by atoms with Crippen LogP contribution in [-0.2, 0) is 9.59 Å². The molecule has 1 fully saturated rings. The Hall–Kier alpha value is -3.08. The fourth-order valence-electron chi connectivity index (χ4n) is 4.44. The number of aromatic nitrogens is 1. The van der Waals surface area contributed by atoms with Crippen molar-refractivity contribution in [2.24, 2.45) is 0 Å². The first-order chi connectivity index (χ1) is 15.6. The molecule has 1 saturated heterocycles. The molecule has 4 rings (SSSR count). The number of carboxylic acid groups (broad SMARTS) is 1. The number of benzene rings is 1. The number of nitrogens with zero attached hydrogens (tertiary/aromatic N) is 3. The second kappa shape index (κ2) is 8.69. The van der Waals surface area contributed by atoms with E-state index in [9.17, 15) is 24.3 Å². The number of aromatic carboxylic acids is 1. The number of halogens is 1. The average Bonchev–Trinajstić information content (AvgIpc) is 2.76. The first-order valence-electron chi connectivity index (χ1n) is 10.8. The molecule has 0 saturated carbocycles. The minimum Gasteiger partial charge on any atom is -0.477 e. The predicted octanol–water partition coefficient (Wildman–Crippen LogP) is 2.03. The number of hydrogen-bond acceptors (Lipinski definition) is 6. The van der Waals surface area contributed by atoms with Crippen LogP contribution in [0.1, 0.15) is 42.9 Å². The van der Waals surface area contributed by atoms with E-state index in [1.807, 2.05) is 18.7 Å². The number of fused-ring (bicyclic) bond motifs is 3. The van der Waals surface area contributed by atoms with Gasteiger partial charge in [0, 0.05) is 38.5 Å². The van der Waals surface area contributed by atoms with Crippen LogP contribution in [0.4, 0.5) is 10.1 Å². The first kappa shape index (κ1) is 23.1. The maximum Gasteiger partial charge on any atom is 0.342 e. The van der Waals surface area contributed by atoms with Crippen LogP contribution in [0.2, 0.25) is 0 Å². The molecule has 0 aliphatic carbocycles. The molecule has 176 valence electrons. The lowest BCUT2D eigenvalue weighted by Gasteiger charge is -2.38. The summed E-state index contributed by atoms with van der Waals surface area (Å²) in [6.45, 7) is 6.60.